The van der Waals surface area contributed by atoms with Gasteiger partial charge in [0.2, 0.25) is 6.33 Å². The quantitative estimate of drug-likeness (QED) is 0.391. The van der Waals surface area contributed by atoms with Gasteiger partial charge < -0.3 is 12.4 Å². The summed E-state index contributed by atoms with van der Waals surface area (Å²) in [6.45, 7) is 4.04. The van der Waals surface area contributed by atoms with Crippen molar-refractivity contribution >= 4 is 11.6 Å². The maximum Gasteiger partial charge on any atom is 0.243 e. The lowest BCUT2D eigenvalue weighted by Gasteiger charge is -1.87. The van der Waals surface area contributed by atoms with Gasteiger partial charge in [-0.15, -0.1) is 11.6 Å². The van der Waals surface area contributed by atoms with E-state index in [-0.39, 0.29) is 12.4 Å². The van der Waals surface area contributed by atoms with Crippen LogP contribution in [0, 0.1) is 0 Å². The van der Waals surface area contributed by atoms with Crippen LogP contribution in [0.5, 0.6) is 0 Å². The Hall–Kier alpha value is -0.210. The third-order valence-corrected chi connectivity index (χ3v) is 1.62. The number of aryl methyl sites for hydroxylation is 2. The number of hydrogen-bond donors (Lipinski definition) is 0. The van der Waals surface area contributed by atoms with E-state index in [1.807, 2.05) is 12.4 Å². The van der Waals surface area contributed by atoms with Crippen LogP contribution in [0.25, 0.3) is 0 Å². The Bertz CT molecular complexity index is 198. The van der Waals surface area contributed by atoms with E-state index < -0.39 is 0 Å². The van der Waals surface area contributed by atoms with Crippen LogP contribution >= 0.6 is 11.6 Å². The van der Waals surface area contributed by atoms with Crippen molar-refractivity contribution in [2.24, 2.45) is 0 Å². The zero-order chi connectivity index (χ0) is 7.40. The molecule has 0 saturated heterocycles. The summed E-state index contributed by atoms with van der Waals surface area (Å²) in [5, 5.41) is 0. The molecule has 0 N–H and O–H groups in total. The van der Waals surface area contributed by atoms with Crippen molar-refractivity contribution in [2.75, 3.05) is 5.88 Å². The largest absolute Gasteiger partial charge is 1.00 e. The molecule has 2 nitrogen and oxygen atoms in total. The molecule has 0 radical (unpaired) electrons. The molecule has 1 rings (SSSR count). The third-order valence-electron chi connectivity index (χ3n) is 1.45. The van der Waals surface area contributed by atoms with Gasteiger partial charge in [-0.25, -0.2) is 9.13 Å². The molecular formula is C7H12Cl2N2. The molecule has 1 heterocycles. The Balaban J connectivity index is 0.000001000. The van der Waals surface area contributed by atoms with Crippen molar-refractivity contribution in [1.82, 2.24) is 4.57 Å². The second-order valence-corrected chi connectivity index (χ2v) is 2.55. The first-order chi connectivity index (χ1) is 4.86. The minimum atomic E-state index is 0. The van der Waals surface area contributed by atoms with E-state index in [0.29, 0.717) is 5.88 Å². The fourth-order valence-corrected chi connectivity index (χ4v) is 1.05. The van der Waals surface area contributed by atoms with Crippen molar-refractivity contribution in [3.05, 3.63) is 18.7 Å². The van der Waals surface area contributed by atoms with E-state index in [0.717, 1.165) is 13.1 Å². The molecule has 0 spiro atoms. The fraction of sp³-hybridized carbons (Fsp3) is 0.571. The van der Waals surface area contributed by atoms with Crippen LogP contribution in [0.2, 0.25) is 0 Å². The summed E-state index contributed by atoms with van der Waals surface area (Å²) in [6.07, 6.45) is 6.14. The van der Waals surface area contributed by atoms with Crippen molar-refractivity contribution in [3.8, 4) is 0 Å². The second kappa shape index (κ2) is 5.44. The van der Waals surface area contributed by atoms with Crippen molar-refractivity contribution in [1.29, 1.82) is 0 Å². The molecule has 0 aliphatic carbocycles. The molecule has 1 aromatic rings. The Morgan fingerprint density at radius 3 is 2.73 bits per heavy atom. The predicted molar refractivity (Wildman–Crippen MR) is 41.0 cm³/mol. The fourth-order valence-electron chi connectivity index (χ4n) is 0.856. The number of hydrogen-bond acceptors (Lipinski definition) is 0. The molecule has 4 heteroatoms. The average molecular weight is 195 g/mol. The molecule has 0 aliphatic rings. The van der Waals surface area contributed by atoms with Crippen LogP contribution < -0.4 is 17.0 Å². The molecule has 1 aromatic heterocycles. The van der Waals surface area contributed by atoms with Crippen molar-refractivity contribution in [2.45, 2.75) is 20.0 Å². The zero-order valence-electron chi connectivity index (χ0n) is 6.50. The van der Waals surface area contributed by atoms with Gasteiger partial charge in [-0.1, -0.05) is 0 Å². The van der Waals surface area contributed by atoms with Gasteiger partial charge in [-0.05, 0) is 6.92 Å². The van der Waals surface area contributed by atoms with Gasteiger partial charge in [-0.3, -0.25) is 0 Å². The third kappa shape index (κ3) is 3.12. The van der Waals surface area contributed by atoms with Crippen molar-refractivity contribution < 1.29 is 17.0 Å². The van der Waals surface area contributed by atoms with Crippen LogP contribution in [-0.2, 0) is 13.1 Å². The standard InChI is InChI=1S/C7H12ClN2.ClH/c1-2-9-5-6-10(7-9)4-3-8;/h5-7H,2-4H2,1H3;1H/q+1;/p-1. The van der Waals surface area contributed by atoms with E-state index >= 15 is 0 Å². The Kier molecular flexibility index (Phi) is 5.34. The van der Waals surface area contributed by atoms with Gasteiger partial charge in [0.1, 0.15) is 18.9 Å². The minimum Gasteiger partial charge on any atom is -1.00 e. The number of imidazole rings is 1. The smallest absolute Gasteiger partial charge is 0.243 e. The van der Waals surface area contributed by atoms with E-state index in [1.165, 1.54) is 0 Å². The summed E-state index contributed by atoms with van der Waals surface area (Å²) < 4.78 is 4.20. The molecule has 11 heavy (non-hydrogen) atoms. The Morgan fingerprint density at radius 1 is 1.55 bits per heavy atom. The molecule has 0 saturated carbocycles. The van der Waals surface area contributed by atoms with E-state index in [4.69, 9.17) is 11.6 Å². The number of aromatic nitrogens is 2. The normalized spacial score (nSPS) is 9.27. The summed E-state index contributed by atoms with van der Waals surface area (Å²) in [5.74, 6) is 0.679. The van der Waals surface area contributed by atoms with Crippen LogP contribution in [0.15, 0.2) is 18.7 Å². The summed E-state index contributed by atoms with van der Waals surface area (Å²) in [7, 11) is 0. The lowest BCUT2D eigenvalue weighted by molar-refractivity contribution is -0.693. The maximum absolute atomic E-state index is 5.56. The highest BCUT2D eigenvalue weighted by molar-refractivity contribution is 6.17. The maximum atomic E-state index is 5.56. The zero-order valence-corrected chi connectivity index (χ0v) is 8.02. The first kappa shape index (κ1) is 10.8. The molecule has 0 fully saturated rings. The first-order valence-corrected chi connectivity index (χ1v) is 4.01. The molecule has 0 aromatic carbocycles. The van der Waals surface area contributed by atoms with Crippen LogP contribution in [-0.4, -0.2) is 10.4 Å². The van der Waals surface area contributed by atoms with Crippen LogP contribution in [0.4, 0.5) is 0 Å². The van der Waals surface area contributed by atoms with Crippen LogP contribution in [0.1, 0.15) is 6.92 Å². The predicted octanol–water partition coefficient (Wildman–Crippen LogP) is -1.96. The molecule has 64 valence electrons. The van der Waals surface area contributed by atoms with Crippen LogP contribution in [0.3, 0.4) is 0 Å². The Morgan fingerprint density at radius 2 is 2.27 bits per heavy atom. The minimum absolute atomic E-state index is 0. The van der Waals surface area contributed by atoms with Gasteiger partial charge >= 0.3 is 0 Å². The lowest BCUT2D eigenvalue weighted by atomic mass is 10.7. The number of rotatable bonds is 3. The van der Waals surface area contributed by atoms with Crippen molar-refractivity contribution in [3.63, 3.8) is 0 Å². The van der Waals surface area contributed by atoms with E-state index in [1.54, 1.807) is 0 Å². The highest BCUT2D eigenvalue weighted by Crippen LogP contribution is 1.85. The number of nitrogens with zero attached hydrogens (tertiary/aromatic N) is 2. The highest BCUT2D eigenvalue weighted by atomic mass is 35.5. The number of alkyl halides is 1. The summed E-state index contributed by atoms with van der Waals surface area (Å²) in [4.78, 5) is 0. The van der Waals surface area contributed by atoms with Gasteiger partial charge in [0, 0.05) is 0 Å². The molecule has 0 bridgehead atoms. The lowest BCUT2D eigenvalue weighted by Crippen LogP contribution is -3.00. The van der Waals surface area contributed by atoms with Gasteiger partial charge in [0.25, 0.3) is 0 Å². The van der Waals surface area contributed by atoms with Gasteiger partial charge in [0.05, 0.1) is 12.4 Å². The second-order valence-electron chi connectivity index (χ2n) is 2.17. The molecule has 0 amide bonds. The number of halogens is 2. The summed E-state index contributed by atoms with van der Waals surface area (Å²) in [6, 6.07) is 0. The average Bonchev–Trinajstić information content (AvgIpc) is 2.37. The van der Waals surface area contributed by atoms with E-state index in [2.05, 4.69) is 22.4 Å². The molecule has 0 aliphatic heterocycles. The topological polar surface area (TPSA) is 8.81 Å². The summed E-state index contributed by atoms with van der Waals surface area (Å²) in [5.41, 5.74) is 0. The highest BCUT2D eigenvalue weighted by Gasteiger charge is 1.98. The summed E-state index contributed by atoms with van der Waals surface area (Å²) >= 11 is 5.56. The molecule has 0 unspecified atom stereocenters. The SMILES string of the molecule is CC[n+]1ccn(CCCl)c1.[Cl-]. The van der Waals surface area contributed by atoms with Gasteiger partial charge in [-0.2, -0.15) is 0 Å². The van der Waals surface area contributed by atoms with E-state index in [9.17, 15) is 0 Å². The Labute approximate surface area is 78.2 Å². The molecule has 0 atom stereocenters. The molecular weight excluding hydrogens is 183 g/mol. The van der Waals surface area contributed by atoms with Gasteiger partial charge in [0.15, 0.2) is 0 Å². The first-order valence-electron chi connectivity index (χ1n) is 3.47. The monoisotopic (exact) mass is 194 g/mol.